The van der Waals surface area contributed by atoms with Crippen LogP contribution in [0.2, 0.25) is 0 Å². The molecule has 15 heteroatoms. The van der Waals surface area contributed by atoms with Crippen LogP contribution in [-0.4, -0.2) is 57.8 Å². The van der Waals surface area contributed by atoms with E-state index in [2.05, 4.69) is 41.4 Å². The Morgan fingerprint density at radius 3 is 2.51 bits per heavy atom. The van der Waals surface area contributed by atoms with E-state index in [9.17, 15) is 18.4 Å². The van der Waals surface area contributed by atoms with Crippen molar-refractivity contribution in [1.82, 2.24) is 44.7 Å². The lowest BCUT2D eigenvalue weighted by atomic mass is 9.91. The standard InChI is InChI=1S/C26H21F4N11/c1-39-15-35-36-24(39)25(27)5-8-40(9-6-25)22-17(11-31)4-7-32-21(22)18-10-19-23(34-13-18)38-41(37-19)14-16-2-3-20(33-12-16)26(28,29)30/h2-4,7,10,12-13,15H,5-6,8-9,14H2,1H3. The molecule has 208 valence electrons. The van der Waals surface area contributed by atoms with Crippen LogP contribution in [0.5, 0.6) is 0 Å². The molecule has 11 nitrogen and oxygen atoms in total. The van der Waals surface area contributed by atoms with E-state index in [1.54, 1.807) is 29.9 Å². The summed E-state index contributed by atoms with van der Waals surface area (Å²) in [5, 5.41) is 26.4. The lowest BCUT2D eigenvalue weighted by Gasteiger charge is -2.37. The van der Waals surface area contributed by atoms with Crippen LogP contribution in [0.1, 0.15) is 35.5 Å². The van der Waals surface area contributed by atoms with Gasteiger partial charge in [0.15, 0.2) is 11.5 Å². The SMILES string of the molecule is Cn1cnnc1C1(F)CCN(c2c(C#N)ccnc2-c2cnc3nn(Cc4ccc(C(F)(F)F)nc4)nc3c2)CC1. The number of nitrogens with zero attached hydrogens (tertiary/aromatic N) is 11. The highest BCUT2D eigenvalue weighted by Gasteiger charge is 2.41. The number of pyridine rings is 3. The lowest BCUT2D eigenvalue weighted by Crippen LogP contribution is -2.42. The Kier molecular flexibility index (Phi) is 6.32. The summed E-state index contributed by atoms with van der Waals surface area (Å²) in [4.78, 5) is 15.7. The van der Waals surface area contributed by atoms with Crippen LogP contribution in [-0.2, 0) is 25.4 Å². The zero-order valence-electron chi connectivity index (χ0n) is 21.6. The quantitative estimate of drug-likeness (QED) is 0.293. The maximum atomic E-state index is 15.8. The summed E-state index contributed by atoms with van der Waals surface area (Å²) >= 11 is 0. The van der Waals surface area contributed by atoms with Gasteiger partial charge in [-0.25, -0.2) is 9.37 Å². The van der Waals surface area contributed by atoms with Crippen molar-refractivity contribution in [2.45, 2.75) is 31.2 Å². The summed E-state index contributed by atoms with van der Waals surface area (Å²) in [7, 11) is 1.70. The maximum Gasteiger partial charge on any atom is 0.433 e. The number of aryl methyl sites for hydroxylation is 1. The second kappa shape index (κ2) is 9.88. The molecule has 0 amide bonds. The van der Waals surface area contributed by atoms with E-state index >= 15 is 4.39 Å². The molecule has 0 unspecified atom stereocenters. The van der Waals surface area contributed by atoms with Gasteiger partial charge in [-0.1, -0.05) is 6.07 Å². The second-order valence-corrected chi connectivity index (χ2v) is 9.73. The molecular weight excluding hydrogens is 542 g/mol. The minimum Gasteiger partial charge on any atom is -0.368 e. The maximum absolute atomic E-state index is 15.8. The number of nitriles is 1. The van der Waals surface area contributed by atoms with Crippen LogP contribution in [0.3, 0.4) is 0 Å². The molecule has 6 heterocycles. The van der Waals surface area contributed by atoms with Crippen molar-refractivity contribution in [3.8, 4) is 17.3 Å². The first-order valence-corrected chi connectivity index (χ1v) is 12.6. The Labute approximate surface area is 230 Å². The van der Waals surface area contributed by atoms with Gasteiger partial charge in [0, 0.05) is 57.1 Å². The minimum absolute atomic E-state index is 0.0918. The third kappa shape index (κ3) is 4.92. The Hall–Kier alpha value is -5.00. The summed E-state index contributed by atoms with van der Waals surface area (Å²) in [6.45, 7) is 0.738. The van der Waals surface area contributed by atoms with Gasteiger partial charge in [-0.2, -0.15) is 28.3 Å². The lowest BCUT2D eigenvalue weighted by molar-refractivity contribution is -0.141. The summed E-state index contributed by atoms with van der Waals surface area (Å²) < 4.78 is 55.8. The molecule has 0 radical (unpaired) electrons. The van der Waals surface area contributed by atoms with Crippen molar-refractivity contribution in [3.63, 3.8) is 0 Å². The van der Waals surface area contributed by atoms with E-state index in [-0.39, 0.29) is 25.2 Å². The van der Waals surface area contributed by atoms with Crippen molar-refractivity contribution in [1.29, 1.82) is 5.26 Å². The third-order valence-electron chi connectivity index (χ3n) is 7.02. The molecule has 0 atom stereocenters. The third-order valence-corrected chi connectivity index (χ3v) is 7.02. The minimum atomic E-state index is -4.52. The van der Waals surface area contributed by atoms with Crippen molar-refractivity contribution >= 4 is 16.9 Å². The Morgan fingerprint density at radius 1 is 1.05 bits per heavy atom. The van der Waals surface area contributed by atoms with Crippen molar-refractivity contribution < 1.29 is 17.6 Å². The average Bonchev–Trinajstić information content (AvgIpc) is 3.58. The zero-order chi connectivity index (χ0) is 28.8. The molecule has 0 bridgehead atoms. The first-order valence-electron chi connectivity index (χ1n) is 12.6. The molecule has 0 spiro atoms. The van der Waals surface area contributed by atoms with Gasteiger partial charge in [0.1, 0.15) is 23.6 Å². The Bertz CT molecular complexity index is 1760. The Morgan fingerprint density at radius 2 is 1.85 bits per heavy atom. The topological polar surface area (TPSA) is 127 Å². The van der Waals surface area contributed by atoms with E-state index in [0.717, 1.165) is 12.3 Å². The molecule has 6 rings (SSSR count). The number of halogens is 4. The Balaban J connectivity index is 1.28. The van der Waals surface area contributed by atoms with Crippen LogP contribution >= 0.6 is 0 Å². The van der Waals surface area contributed by atoms with Gasteiger partial charge in [-0.05, 0) is 23.8 Å². The predicted molar refractivity (Wildman–Crippen MR) is 137 cm³/mol. The van der Waals surface area contributed by atoms with E-state index < -0.39 is 17.5 Å². The molecule has 0 aromatic carbocycles. The average molecular weight is 564 g/mol. The normalized spacial score (nSPS) is 15.3. The molecule has 1 saturated heterocycles. The molecule has 5 aromatic rings. The molecule has 1 aliphatic heterocycles. The summed E-state index contributed by atoms with van der Waals surface area (Å²) in [6.07, 6.45) is 1.49. The highest BCUT2D eigenvalue weighted by molar-refractivity contribution is 5.84. The van der Waals surface area contributed by atoms with E-state index in [4.69, 9.17) is 0 Å². The molecular formula is C26H21F4N11. The van der Waals surface area contributed by atoms with Crippen molar-refractivity contribution in [3.05, 3.63) is 71.8 Å². The summed E-state index contributed by atoms with van der Waals surface area (Å²) in [5.74, 6) is 0.272. The van der Waals surface area contributed by atoms with Crippen LogP contribution in [0.15, 0.2) is 49.2 Å². The van der Waals surface area contributed by atoms with E-state index in [1.165, 1.54) is 23.4 Å². The number of piperidine rings is 1. The number of alkyl halides is 4. The number of fused-ring (bicyclic) bond motifs is 1. The summed E-state index contributed by atoms with van der Waals surface area (Å²) in [6, 6.07) is 7.78. The fraction of sp³-hybridized carbons (Fsp3) is 0.308. The fourth-order valence-corrected chi connectivity index (χ4v) is 4.97. The largest absolute Gasteiger partial charge is 0.433 e. The molecule has 5 aromatic heterocycles. The van der Waals surface area contributed by atoms with Crippen molar-refractivity contribution in [2.24, 2.45) is 7.05 Å². The van der Waals surface area contributed by atoms with Gasteiger partial charge in [0.2, 0.25) is 5.65 Å². The van der Waals surface area contributed by atoms with Gasteiger partial charge >= 0.3 is 6.18 Å². The number of aromatic nitrogens is 9. The van der Waals surface area contributed by atoms with E-state index in [1.807, 2.05) is 4.90 Å². The molecule has 1 aliphatic rings. The highest BCUT2D eigenvalue weighted by atomic mass is 19.4. The smallest absolute Gasteiger partial charge is 0.368 e. The molecule has 41 heavy (non-hydrogen) atoms. The van der Waals surface area contributed by atoms with E-state index in [0.29, 0.717) is 52.3 Å². The molecule has 0 saturated carbocycles. The zero-order valence-corrected chi connectivity index (χ0v) is 21.6. The van der Waals surface area contributed by atoms with Crippen LogP contribution in [0.4, 0.5) is 23.2 Å². The highest BCUT2D eigenvalue weighted by Crippen LogP contribution is 2.40. The van der Waals surface area contributed by atoms with Crippen LogP contribution in [0, 0.1) is 11.3 Å². The van der Waals surface area contributed by atoms with Gasteiger partial charge in [-0.15, -0.1) is 15.3 Å². The fourth-order valence-electron chi connectivity index (χ4n) is 4.97. The van der Waals surface area contributed by atoms with Gasteiger partial charge in [-0.3, -0.25) is 9.97 Å². The predicted octanol–water partition coefficient (Wildman–Crippen LogP) is 3.82. The first-order chi connectivity index (χ1) is 19.6. The first kappa shape index (κ1) is 26.2. The number of hydrogen-bond donors (Lipinski definition) is 0. The molecule has 0 N–H and O–H groups in total. The monoisotopic (exact) mass is 563 g/mol. The van der Waals surface area contributed by atoms with Crippen molar-refractivity contribution in [2.75, 3.05) is 18.0 Å². The van der Waals surface area contributed by atoms with Crippen LogP contribution in [0.25, 0.3) is 22.4 Å². The number of hydrogen-bond acceptors (Lipinski definition) is 9. The van der Waals surface area contributed by atoms with Gasteiger partial charge in [0.05, 0.1) is 23.5 Å². The molecule has 0 aliphatic carbocycles. The summed E-state index contributed by atoms with van der Waals surface area (Å²) in [5.41, 5.74) is 0.657. The van der Waals surface area contributed by atoms with Gasteiger partial charge in [0.25, 0.3) is 0 Å². The molecule has 1 fully saturated rings. The van der Waals surface area contributed by atoms with Crippen LogP contribution < -0.4 is 4.90 Å². The van der Waals surface area contributed by atoms with Gasteiger partial charge < -0.3 is 9.47 Å². The second-order valence-electron chi connectivity index (χ2n) is 9.73. The number of anilines is 1. The number of rotatable bonds is 5.